The molecule has 0 nitrogen and oxygen atoms in total. The predicted octanol–water partition coefficient (Wildman–Crippen LogP) is 3.39. The summed E-state index contributed by atoms with van der Waals surface area (Å²) in [5.41, 5.74) is 1.61. The minimum absolute atomic E-state index is 0.894. The summed E-state index contributed by atoms with van der Waals surface area (Å²) < 4.78 is 0. The molecule has 0 amide bonds. The van der Waals surface area contributed by atoms with Crippen molar-refractivity contribution in [2.45, 2.75) is 40.0 Å². The molecule has 0 saturated heterocycles. The molecule has 0 bridgehead atoms. The van der Waals surface area contributed by atoms with E-state index in [1.165, 1.54) is 19.3 Å². The van der Waals surface area contributed by atoms with Crippen LogP contribution in [0.2, 0.25) is 0 Å². The van der Waals surface area contributed by atoms with Gasteiger partial charge in [-0.3, -0.25) is 0 Å². The van der Waals surface area contributed by atoms with Crippen molar-refractivity contribution in [1.82, 2.24) is 0 Å². The third kappa shape index (κ3) is 1.42. The second kappa shape index (κ2) is 3.23. The fraction of sp³-hybridized carbons (Fsp3) is 0.800. The average molecular weight is 138 g/mol. The van der Waals surface area contributed by atoms with Crippen molar-refractivity contribution in [2.75, 3.05) is 0 Å². The van der Waals surface area contributed by atoms with Gasteiger partial charge in [0.2, 0.25) is 0 Å². The van der Waals surface area contributed by atoms with E-state index in [0.29, 0.717) is 0 Å². The van der Waals surface area contributed by atoms with Crippen LogP contribution in [0.1, 0.15) is 40.0 Å². The van der Waals surface area contributed by atoms with Crippen LogP contribution in [0.3, 0.4) is 0 Å². The molecule has 2 atom stereocenters. The van der Waals surface area contributed by atoms with Crippen LogP contribution in [0.4, 0.5) is 0 Å². The van der Waals surface area contributed by atoms with Gasteiger partial charge in [-0.1, -0.05) is 31.9 Å². The fourth-order valence-corrected chi connectivity index (χ4v) is 2.03. The van der Waals surface area contributed by atoms with Crippen molar-refractivity contribution in [3.63, 3.8) is 0 Å². The number of hydrogen-bond donors (Lipinski definition) is 0. The second-order valence-corrected chi connectivity index (χ2v) is 3.46. The Morgan fingerprint density at radius 3 is 2.50 bits per heavy atom. The Balaban J connectivity index is 2.52. The minimum atomic E-state index is 0.894. The molecule has 10 heavy (non-hydrogen) atoms. The van der Waals surface area contributed by atoms with Crippen LogP contribution in [0.25, 0.3) is 0 Å². The van der Waals surface area contributed by atoms with E-state index in [1.807, 2.05) is 0 Å². The lowest BCUT2D eigenvalue weighted by molar-refractivity contribution is 0.399. The van der Waals surface area contributed by atoms with Gasteiger partial charge in [0.25, 0.3) is 0 Å². The Kier molecular flexibility index (Phi) is 2.53. The normalized spacial score (nSPS) is 32.5. The van der Waals surface area contributed by atoms with Crippen molar-refractivity contribution in [3.05, 3.63) is 11.6 Å². The SMILES string of the molecule is CCC1C=C(C)CC1CC. The quantitative estimate of drug-likeness (QED) is 0.513. The first-order chi connectivity index (χ1) is 4.77. The van der Waals surface area contributed by atoms with Crippen LogP contribution in [-0.4, -0.2) is 0 Å². The Morgan fingerprint density at radius 2 is 2.10 bits per heavy atom. The molecule has 0 heterocycles. The van der Waals surface area contributed by atoms with Gasteiger partial charge < -0.3 is 0 Å². The van der Waals surface area contributed by atoms with Gasteiger partial charge in [-0.05, 0) is 31.6 Å². The number of hydrogen-bond acceptors (Lipinski definition) is 0. The van der Waals surface area contributed by atoms with Crippen molar-refractivity contribution in [1.29, 1.82) is 0 Å². The molecular formula is C10H18. The largest absolute Gasteiger partial charge is 0.0822 e. The van der Waals surface area contributed by atoms with E-state index >= 15 is 0 Å². The highest BCUT2D eigenvalue weighted by atomic mass is 14.3. The zero-order valence-corrected chi connectivity index (χ0v) is 7.35. The summed E-state index contributed by atoms with van der Waals surface area (Å²) in [7, 11) is 0. The lowest BCUT2D eigenvalue weighted by Gasteiger charge is -2.14. The van der Waals surface area contributed by atoms with Crippen LogP contribution in [0, 0.1) is 11.8 Å². The van der Waals surface area contributed by atoms with Crippen molar-refractivity contribution in [3.8, 4) is 0 Å². The molecule has 0 saturated carbocycles. The third-order valence-corrected chi connectivity index (χ3v) is 2.68. The van der Waals surface area contributed by atoms with Gasteiger partial charge in [0.1, 0.15) is 0 Å². The van der Waals surface area contributed by atoms with Gasteiger partial charge >= 0.3 is 0 Å². The monoisotopic (exact) mass is 138 g/mol. The van der Waals surface area contributed by atoms with Crippen molar-refractivity contribution < 1.29 is 0 Å². The van der Waals surface area contributed by atoms with E-state index in [-0.39, 0.29) is 0 Å². The highest BCUT2D eigenvalue weighted by molar-refractivity contribution is 5.10. The highest BCUT2D eigenvalue weighted by Crippen LogP contribution is 2.34. The number of rotatable bonds is 2. The lowest BCUT2D eigenvalue weighted by Crippen LogP contribution is -2.04. The van der Waals surface area contributed by atoms with Gasteiger partial charge in [0.05, 0.1) is 0 Å². The van der Waals surface area contributed by atoms with Crippen LogP contribution in [0.5, 0.6) is 0 Å². The molecule has 0 N–H and O–H groups in total. The van der Waals surface area contributed by atoms with Gasteiger partial charge in [-0.25, -0.2) is 0 Å². The van der Waals surface area contributed by atoms with E-state index in [2.05, 4.69) is 26.8 Å². The fourth-order valence-electron chi connectivity index (χ4n) is 2.03. The summed E-state index contributed by atoms with van der Waals surface area (Å²) >= 11 is 0. The molecule has 1 aliphatic carbocycles. The summed E-state index contributed by atoms with van der Waals surface area (Å²) in [6.07, 6.45) is 6.51. The molecule has 0 aliphatic heterocycles. The van der Waals surface area contributed by atoms with Crippen LogP contribution < -0.4 is 0 Å². The molecule has 0 heteroatoms. The van der Waals surface area contributed by atoms with E-state index in [1.54, 1.807) is 5.57 Å². The first-order valence-corrected chi connectivity index (χ1v) is 4.45. The van der Waals surface area contributed by atoms with E-state index in [4.69, 9.17) is 0 Å². The van der Waals surface area contributed by atoms with Crippen LogP contribution >= 0.6 is 0 Å². The predicted molar refractivity (Wildman–Crippen MR) is 45.9 cm³/mol. The lowest BCUT2D eigenvalue weighted by atomic mass is 9.91. The van der Waals surface area contributed by atoms with Crippen LogP contribution in [0.15, 0.2) is 11.6 Å². The molecule has 2 unspecified atom stereocenters. The molecule has 0 fully saturated rings. The molecule has 0 aromatic carbocycles. The molecule has 1 rings (SSSR count). The Morgan fingerprint density at radius 1 is 1.40 bits per heavy atom. The molecule has 0 aromatic rings. The smallest absolute Gasteiger partial charge is 0.0202 e. The minimum Gasteiger partial charge on any atom is -0.0822 e. The van der Waals surface area contributed by atoms with E-state index in [0.717, 1.165) is 11.8 Å². The topological polar surface area (TPSA) is 0 Å². The van der Waals surface area contributed by atoms with E-state index < -0.39 is 0 Å². The molecule has 0 radical (unpaired) electrons. The second-order valence-electron chi connectivity index (χ2n) is 3.46. The first-order valence-electron chi connectivity index (χ1n) is 4.45. The zero-order valence-electron chi connectivity index (χ0n) is 7.35. The van der Waals surface area contributed by atoms with Gasteiger partial charge in [0, 0.05) is 0 Å². The Hall–Kier alpha value is -0.260. The highest BCUT2D eigenvalue weighted by Gasteiger charge is 2.21. The first kappa shape index (κ1) is 7.84. The Labute approximate surface area is 64.3 Å². The van der Waals surface area contributed by atoms with Crippen LogP contribution in [-0.2, 0) is 0 Å². The van der Waals surface area contributed by atoms with Crippen molar-refractivity contribution >= 4 is 0 Å². The van der Waals surface area contributed by atoms with Gasteiger partial charge in [0.15, 0.2) is 0 Å². The maximum Gasteiger partial charge on any atom is -0.0202 e. The average Bonchev–Trinajstić information content (AvgIpc) is 2.30. The molecule has 0 spiro atoms. The molecular weight excluding hydrogens is 120 g/mol. The maximum absolute atomic E-state index is 2.47. The summed E-state index contributed by atoms with van der Waals surface area (Å²) in [4.78, 5) is 0. The van der Waals surface area contributed by atoms with Gasteiger partial charge in [-0.15, -0.1) is 0 Å². The molecule has 58 valence electrons. The van der Waals surface area contributed by atoms with Crippen molar-refractivity contribution in [2.24, 2.45) is 11.8 Å². The maximum atomic E-state index is 2.47. The summed E-state index contributed by atoms with van der Waals surface area (Å²) in [5, 5.41) is 0. The zero-order chi connectivity index (χ0) is 7.56. The number of allylic oxidation sites excluding steroid dienone is 2. The molecule has 1 aliphatic rings. The standard InChI is InChI=1S/C10H18/c1-4-9-6-8(3)7-10(9)5-2/h6,9-10H,4-5,7H2,1-3H3. The van der Waals surface area contributed by atoms with E-state index in [9.17, 15) is 0 Å². The summed E-state index contributed by atoms with van der Waals surface area (Å²) in [6, 6.07) is 0. The van der Waals surface area contributed by atoms with Gasteiger partial charge in [-0.2, -0.15) is 0 Å². The Bertz CT molecular complexity index is 133. The third-order valence-electron chi connectivity index (χ3n) is 2.68. The summed E-state index contributed by atoms with van der Waals surface area (Å²) in [6.45, 7) is 6.86. The molecule has 0 aromatic heterocycles. The summed E-state index contributed by atoms with van der Waals surface area (Å²) in [5.74, 6) is 1.86.